The fourth-order valence-electron chi connectivity index (χ4n) is 2.11. The van der Waals surface area contributed by atoms with Gasteiger partial charge in [0.25, 0.3) is 11.8 Å². The van der Waals surface area contributed by atoms with Gasteiger partial charge < -0.3 is 15.4 Å². The van der Waals surface area contributed by atoms with Gasteiger partial charge in [-0.25, -0.2) is 4.79 Å². The standard InChI is InChI=1S/C19H18Cl2N2O4/c1-11-3-8-16(15(21)9-11)23-17(24)10-27-19(26)12(2)22-18(25)13-4-6-14(20)7-5-13/h3-9,12H,10H2,1-2H3,(H,22,25)(H,23,24)/t12-/m0/s1. The zero-order chi connectivity index (χ0) is 20.0. The number of hydrogen-bond donors (Lipinski definition) is 2. The normalized spacial score (nSPS) is 11.4. The number of rotatable bonds is 6. The minimum atomic E-state index is -0.927. The Morgan fingerprint density at radius 1 is 1.07 bits per heavy atom. The number of hydrogen-bond acceptors (Lipinski definition) is 4. The average molecular weight is 409 g/mol. The summed E-state index contributed by atoms with van der Waals surface area (Å²) < 4.78 is 4.93. The van der Waals surface area contributed by atoms with Crippen LogP contribution in [0, 0.1) is 6.92 Å². The number of aryl methyl sites for hydroxylation is 1. The van der Waals surface area contributed by atoms with Crippen LogP contribution in [0.3, 0.4) is 0 Å². The summed E-state index contributed by atoms with van der Waals surface area (Å²) >= 11 is 11.8. The van der Waals surface area contributed by atoms with Gasteiger partial charge in [-0.2, -0.15) is 0 Å². The Kier molecular flexibility index (Phi) is 7.21. The third kappa shape index (κ3) is 6.27. The molecule has 142 valence electrons. The quantitative estimate of drug-likeness (QED) is 0.714. The van der Waals surface area contributed by atoms with Gasteiger partial charge in [0.2, 0.25) is 0 Å². The second-order valence-electron chi connectivity index (χ2n) is 5.84. The van der Waals surface area contributed by atoms with E-state index in [1.54, 1.807) is 30.3 Å². The zero-order valence-electron chi connectivity index (χ0n) is 14.7. The molecule has 0 unspecified atom stereocenters. The minimum Gasteiger partial charge on any atom is -0.454 e. The van der Waals surface area contributed by atoms with Crippen molar-refractivity contribution in [1.29, 1.82) is 0 Å². The van der Waals surface area contributed by atoms with Gasteiger partial charge >= 0.3 is 5.97 Å². The molecule has 0 spiro atoms. The van der Waals surface area contributed by atoms with Gasteiger partial charge in [-0.15, -0.1) is 0 Å². The first-order chi connectivity index (χ1) is 12.8. The molecule has 0 aliphatic rings. The van der Waals surface area contributed by atoms with E-state index in [1.807, 2.05) is 6.92 Å². The SMILES string of the molecule is Cc1ccc(NC(=O)COC(=O)[C@H](C)NC(=O)c2ccc(Cl)cc2)c(Cl)c1. The van der Waals surface area contributed by atoms with Crippen LogP contribution in [-0.2, 0) is 14.3 Å². The Hall–Kier alpha value is -2.57. The first kappa shape index (κ1) is 20.7. The summed E-state index contributed by atoms with van der Waals surface area (Å²) in [6, 6.07) is 10.4. The monoisotopic (exact) mass is 408 g/mol. The van der Waals surface area contributed by atoms with Gasteiger partial charge in [-0.05, 0) is 55.8 Å². The molecule has 0 radical (unpaired) electrons. The number of benzene rings is 2. The molecule has 0 aliphatic heterocycles. The molecule has 2 amide bonds. The number of halogens is 2. The maximum atomic E-state index is 12.1. The van der Waals surface area contributed by atoms with Gasteiger partial charge in [0.05, 0.1) is 10.7 Å². The number of esters is 1. The van der Waals surface area contributed by atoms with Crippen molar-refractivity contribution in [3.63, 3.8) is 0 Å². The highest BCUT2D eigenvalue weighted by molar-refractivity contribution is 6.33. The van der Waals surface area contributed by atoms with Crippen LogP contribution in [0.4, 0.5) is 5.69 Å². The van der Waals surface area contributed by atoms with Crippen LogP contribution in [-0.4, -0.2) is 30.4 Å². The first-order valence-corrected chi connectivity index (χ1v) is 8.81. The molecule has 27 heavy (non-hydrogen) atoms. The van der Waals surface area contributed by atoms with Crippen LogP contribution in [0.25, 0.3) is 0 Å². The summed E-state index contributed by atoms with van der Waals surface area (Å²) in [6.45, 7) is 2.84. The third-order valence-electron chi connectivity index (χ3n) is 3.55. The summed E-state index contributed by atoms with van der Waals surface area (Å²) in [6.07, 6.45) is 0. The Morgan fingerprint density at radius 3 is 2.37 bits per heavy atom. The van der Waals surface area contributed by atoms with E-state index < -0.39 is 30.4 Å². The van der Waals surface area contributed by atoms with E-state index in [0.29, 0.717) is 21.3 Å². The Bertz CT molecular complexity index is 853. The van der Waals surface area contributed by atoms with Gasteiger partial charge in [0.1, 0.15) is 6.04 Å². The van der Waals surface area contributed by atoms with Crippen molar-refractivity contribution < 1.29 is 19.1 Å². The van der Waals surface area contributed by atoms with Crippen LogP contribution >= 0.6 is 23.2 Å². The van der Waals surface area contributed by atoms with Crippen molar-refractivity contribution in [2.45, 2.75) is 19.9 Å². The summed E-state index contributed by atoms with van der Waals surface area (Å²) in [5.41, 5.74) is 1.73. The van der Waals surface area contributed by atoms with Gasteiger partial charge in [-0.1, -0.05) is 29.3 Å². The van der Waals surface area contributed by atoms with Crippen molar-refractivity contribution in [3.8, 4) is 0 Å². The largest absolute Gasteiger partial charge is 0.454 e. The van der Waals surface area contributed by atoms with Gasteiger partial charge in [-0.3, -0.25) is 9.59 Å². The summed E-state index contributed by atoms with van der Waals surface area (Å²) in [5, 5.41) is 5.94. The van der Waals surface area contributed by atoms with Crippen LogP contribution in [0.15, 0.2) is 42.5 Å². The highest BCUT2D eigenvalue weighted by Gasteiger charge is 2.19. The van der Waals surface area contributed by atoms with Gasteiger partial charge in [0, 0.05) is 10.6 Å². The molecule has 1 atom stereocenters. The predicted molar refractivity (Wildman–Crippen MR) is 104 cm³/mol. The molecule has 2 rings (SSSR count). The molecule has 0 saturated carbocycles. The third-order valence-corrected chi connectivity index (χ3v) is 4.12. The second-order valence-corrected chi connectivity index (χ2v) is 6.68. The van der Waals surface area contributed by atoms with Crippen LogP contribution in [0.5, 0.6) is 0 Å². The lowest BCUT2D eigenvalue weighted by molar-refractivity contribution is -0.148. The van der Waals surface area contributed by atoms with Crippen molar-refractivity contribution in [1.82, 2.24) is 5.32 Å². The number of nitrogens with one attached hydrogen (secondary N) is 2. The lowest BCUT2D eigenvalue weighted by atomic mass is 10.2. The van der Waals surface area contributed by atoms with E-state index in [2.05, 4.69) is 10.6 Å². The Balaban J connectivity index is 1.82. The number of ether oxygens (including phenoxy) is 1. The van der Waals surface area contributed by atoms with Crippen LogP contribution in [0.1, 0.15) is 22.8 Å². The molecule has 8 heteroatoms. The number of carbonyl (C=O) groups is 3. The number of carbonyl (C=O) groups excluding carboxylic acids is 3. The second kappa shape index (κ2) is 9.39. The fraction of sp³-hybridized carbons (Fsp3) is 0.211. The molecule has 0 heterocycles. The van der Waals surface area contributed by atoms with Gasteiger partial charge in [0.15, 0.2) is 6.61 Å². The summed E-state index contributed by atoms with van der Waals surface area (Å²) in [4.78, 5) is 35.9. The van der Waals surface area contributed by atoms with Crippen LogP contribution in [0.2, 0.25) is 10.0 Å². The van der Waals surface area contributed by atoms with Crippen molar-refractivity contribution in [2.75, 3.05) is 11.9 Å². The van der Waals surface area contributed by atoms with Crippen LogP contribution < -0.4 is 10.6 Å². The van der Waals surface area contributed by atoms with E-state index in [1.165, 1.54) is 19.1 Å². The fourth-order valence-corrected chi connectivity index (χ4v) is 2.52. The molecule has 0 saturated heterocycles. The molecule has 0 aromatic heterocycles. The minimum absolute atomic E-state index is 0.353. The molecule has 0 aliphatic carbocycles. The molecule has 0 fully saturated rings. The molecule has 2 N–H and O–H groups in total. The first-order valence-electron chi connectivity index (χ1n) is 8.05. The highest BCUT2D eigenvalue weighted by atomic mass is 35.5. The lowest BCUT2D eigenvalue weighted by Gasteiger charge is -2.14. The summed E-state index contributed by atoms with van der Waals surface area (Å²) in [5.74, 6) is -1.72. The zero-order valence-corrected chi connectivity index (χ0v) is 16.2. The lowest BCUT2D eigenvalue weighted by Crippen LogP contribution is -2.40. The predicted octanol–water partition coefficient (Wildman–Crippen LogP) is 3.60. The van der Waals surface area contributed by atoms with E-state index in [-0.39, 0.29) is 0 Å². The molecular formula is C19H18Cl2N2O4. The smallest absolute Gasteiger partial charge is 0.328 e. The molecule has 2 aromatic rings. The van der Waals surface area contributed by atoms with Crippen molar-refractivity contribution in [3.05, 3.63) is 63.6 Å². The van der Waals surface area contributed by atoms with E-state index in [4.69, 9.17) is 27.9 Å². The molecule has 2 aromatic carbocycles. The molecular weight excluding hydrogens is 391 g/mol. The topological polar surface area (TPSA) is 84.5 Å². The highest BCUT2D eigenvalue weighted by Crippen LogP contribution is 2.22. The maximum Gasteiger partial charge on any atom is 0.328 e. The summed E-state index contributed by atoms with van der Waals surface area (Å²) in [7, 11) is 0. The Labute approximate surface area is 166 Å². The average Bonchev–Trinajstić information content (AvgIpc) is 2.62. The molecule has 6 nitrogen and oxygen atoms in total. The van der Waals surface area contributed by atoms with E-state index >= 15 is 0 Å². The maximum absolute atomic E-state index is 12.1. The number of amides is 2. The van der Waals surface area contributed by atoms with E-state index in [0.717, 1.165) is 5.56 Å². The van der Waals surface area contributed by atoms with Crippen molar-refractivity contribution in [2.24, 2.45) is 0 Å². The Morgan fingerprint density at radius 2 is 1.74 bits per heavy atom. The van der Waals surface area contributed by atoms with E-state index in [9.17, 15) is 14.4 Å². The number of anilines is 1. The molecule has 0 bridgehead atoms. The van der Waals surface area contributed by atoms with Crippen molar-refractivity contribution >= 4 is 46.7 Å².